The number of amides is 1. The number of nitrogens with one attached hydrogen (secondary N) is 2. The predicted molar refractivity (Wildman–Crippen MR) is 58.1 cm³/mol. The molecule has 1 rings (SSSR count). The van der Waals surface area contributed by atoms with Crippen molar-refractivity contribution in [2.75, 3.05) is 13.1 Å². The first kappa shape index (κ1) is 11.2. The first-order chi connectivity index (χ1) is 6.69. The summed E-state index contributed by atoms with van der Waals surface area (Å²) in [6, 6.07) is 0. The summed E-state index contributed by atoms with van der Waals surface area (Å²) in [7, 11) is 0. The molecule has 1 unspecified atom stereocenters. The van der Waals surface area contributed by atoms with Crippen LogP contribution >= 0.6 is 0 Å². The monoisotopic (exact) mass is 196 g/mol. The van der Waals surface area contributed by atoms with E-state index in [-0.39, 0.29) is 11.4 Å². The van der Waals surface area contributed by atoms with Crippen LogP contribution in [0.1, 0.15) is 33.1 Å². The Bertz CT molecular complexity index is 217. The summed E-state index contributed by atoms with van der Waals surface area (Å²) in [6.07, 6.45) is 7.02. The summed E-state index contributed by atoms with van der Waals surface area (Å²) in [6.45, 7) is 5.66. The quantitative estimate of drug-likeness (QED) is 0.524. The highest BCUT2D eigenvalue weighted by Gasteiger charge is 2.35. The smallest absolute Gasteiger partial charge is 0.240 e. The lowest BCUT2D eigenvalue weighted by Crippen LogP contribution is -2.51. The van der Waals surface area contributed by atoms with Crippen molar-refractivity contribution in [2.24, 2.45) is 0 Å². The molecule has 0 spiro atoms. The molecule has 0 aromatic heterocycles. The highest BCUT2D eigenvalue weighted by Crippen LogP contribution is 2.18. The zero-order valence-electron chi connectivity index (χ0n) is 9.10. The third-order valence-electron chi connectivity index (χ3n) is 2.70. The van der Waals surface area contributed by atoms with E-state index in [2.05, 4.69) is 16.7 Å². The molecule has 1 aliphatic rings. The molecule has 2 N–H and O–H groups in total. The van der Waals surface area contributed by atoms with Crippen molar-refractivity contribution in [3.63, 3.8) is 0 Å². The SMILES string of the molecule is C/C=C/CCNC(=O)C1(C)CCCN1. The number of carbonyl (C=O) groups excluding carboxylic acids is 1. The molecule has 3 nitrogen and oxygen atoms in total. The van der Waals surface area contributed by atoms with Gasteiger partial charge in [-0.2, -0.15) is 0 Å². The second-order valence-electron chi connectivity index (χ2n) is 3.98. The van der Waals surface area contributed by atoms with Gasteiger partial charge in [0.1, 0.15) is 0 Å². The van der Waals surface area contributed by atoms with Gasteiger partial charge in [-0.25, -0.2) is 0 Å². The van der Waals surface area contributed by atoms with Gasteiger partial charge < -0.3 is 10.6 Å². The lowest BCUT2D eigenvalue weighted by Gasteiger charge is -2.22. The van der Waals surface area contributed by atoms with Crippen LogP contribution in [0.25, 0.3) is 0 Å². The van der Waals surface area contributed by atoms with Crippen molar-refractivity contribution in [3.8, 4) is 0 Å². The largest absolute Gasteiger partial charge is 0.354 e. The zero-order chi connectivity index (χ0) is 10.4. The van der Waals surface area contributed by atoms with Crippen LogP contribution in [0.2, 0.25) is 0 Å². The maximum atomic E-state index is 11.7. The minimum atomic E-state index is -0.323. The summed E-state index contributed by atoms with van der Waals surface area (Å²) < 4.78 is 0. The van der Waals surface area contributed by atoms with Crippen LogP contribution in [0.4, 0.5) is 0 Å². The Morgan fingerprint density at radius 1 is 1.64 bits per heavy atom. The van der Waals surface area contributed by atoms with E-state index < -0.39 is 0 Å². The fourth-order valence-corrected chi connectivity index (χ4v) is 1.72. The van der Waals surface area contributed by atoms with Crippen molar-refractivity contribution in [1.29, 1.82) is 0 Å². The van der Waals surface area contributed by atoms with Gasteiger partial charge in [0.05, 0.1) is 5.54 Å². The molecule has 1 amide bonds. The van der Waals surface area contributed by atoms with Gasteiger partial charge in [-0.3, -0.25) is 4.79 Å². The number of hydrogen-bond donors (Lipinski definition) is 2. The van der Waals surface area contributed by atoms with Gasteiger partial charge in [-0.1, -0.05) is 12.2 Å². The molecule has 0 radical (unpaired) electrons. The van der Waals surface area contributed by atoms with Crippen LogP contribution in [0.15, 0.2) is 12.2 Å². The lowest BCUT2D eigenvalue weighted by molar-refractivity contribution is -0.126. The van der Waals surface area contributed by atoms with Crippen molar-refractivity contribution in [1.82, 2.24) is 10.6 Å². The Morgan fingerprint density at radius 2 is 2.43 bits per heavy atom. The minimum absolute atomic E-state index is 0.138. The van der Waals surface area contributed by atoms with Gasteiger partial charge in [0.15, 0.2) is 0 Å². The molecule has 80 valence electrons. The maximum Gasteiger partial charge on any atom is 0.240 e. The Morgan fingerprint density at radius 3 is 3.00 bits per heavy atom. The second-order valence-corrected chi connectivity index (χ2v) is 3.98. The molecule has 1 heterocycles. The average Bonchev–Trinajstić information content (AvgIpc) is 2.61. The van der Waals surface area contributed by atoms with E-state index in [0.29, 0.717) is 0 Å². The van der Waals surface area contributed by atoms with Crippen molar-refractivity contribution in [2.45, 2.75) is 38.6 Å². The summed E-state index contributed by atoms with van der Waals surface area (Å²) in [5, 5.41) is 6.19. The average molecular weight is 196 g/mol. The van der Waals surface area contributed by atoms with E-state index in [1.54, 1.807) is 0 Å². The van der Waals surface area contributed by atoms with E-state index in [1.807, 2.05) is 19.9 Å². The van der Waals surface area contributed by atoms with E-state index in [1.165, 1.54) is 0 Å². The molecule has 3 heteroatoms. The van der Waals surface area contributed by atoms with Gasteiger partial charge in [-0.15, -0.1) is 0 Å². The lowest BCUT2D eigenvalue weighted by atomic mass is 9.99. The van der Waals surface area contributed by atoms with Crippen LogP contribution in [0.3, 0.4) is 0 Å². The first-order valence-corrected chi connectivity index (χ1v) is 5.33. The molecule has 1 fully saturated rings. The number of rotatable bonds is 4. The van der Waals surface area contributed by atoms with Crippen molar-refractivity contribution < 1.29 is 4.79 Å². The standard InChI is InChI=1S/C11H20N2O/c1-3-4-5-8-12-10(14)11(2)7-6-9-13-11/h3-4,13H,5-9H2,1-2H3,(H,12,14)/b4-3+. The molecule has 0 saturated carbocycles. The highest BCUT2D eigenvalue weighted by molar-refractivity contribution is 5.86. The van der Waals surface area contributed by atoms with Crippen LogP contribution in [0.5, 0.6) is 0 Å². The Labute approximate surface area is 86.0 Å². The van der Waals surface area contributed by atoms with Crippen LogP contribution < -0.4 is 10.6 Å². The Hall–Kier alpha value is -0.830. The fraction of sp³-hybridized carbons (Fsp3) is 0.727. The molecular weight excluding hydrogens is 176 g/mol. The summed E-state index contributed by atoms with van der Waals surface area (Å²) >= 11 is 0. The van der Waals surface area contributed by atoms with Gasteiger partial charge in [0, 0.05) is 6.54 Å². The number of hydrogen-bond acceptors (Lipinski definition) is 2. The molecule has 1 atom stereocenters. The summed E-state index contributed by atoms with van der Waals surface area (Å²) in [5.74, 6) is 0.138. The van der Waals surface area contributed by atoms with Gasteiger partial charge in [0.2, 0.25) is 5.91 Å². The first-order valence-electron chi connectivity index (χ1n) is 5.33. The number of allylic oxidation sites excluding steroid dienone is 1. The van der Waals surface area contributed by atoms with Crippen LogP contribution in [-0.4, -0.2) is 24.5 Å². The van der Waals surface area contributed by atoms with E-state index in [4.69, 9.17) is 0 Å². The normalized spacial score (nSPS) is 27.0. The van der Waals surface area contributed by atoms with E-state index in [0.717, 1.165) is 32.4 Å². The Kier molecular flexibility index (Phi) is 4.14. The summed E-state index contributed by atoms with van der Waals surface area (Å²) in [5.41, 5.74) is -0.323. The van der Waals surface area contributed by atoms with Gasteiger partial charge >= 0.3 is 0 Å². The third-order valence-corrected chi connectivity index (χ3v) is 2.70. The van der Waals surface area contributed by atoms with E-state index >= 15 is 0 Å². The van der Waals surface area contributed by atoms with Gasteiger partial charge in [0.25, 0.3) is 0 Å². The molecule has 0 aliphatic carbocycles. The molecular formula is C11H20N2O. The minimum Gasteiger partial charge on any atom is -0.354 e. The maximum absolute atomic E-state index is 11.7. The third kappa shape index (κ3) is 2.84. The van der Waals surface area contributed by atoms with Crippen LogP contribution in [0, 0.1) is 0 Å². The molecule has 0 bridgehead atoms. The van der Waals surface area contributed by atoms with Gasteiger partial charge in [-0.05, 0) is 39.7 Å². The zero-order valence-corrected chi connectivity index (χ0v) is 9.10. The van der Waals surface area contributed by atoms with Crippen LogP contribution in [-0.2, 0) is 4.79 Å². The highest BCUT2D eigenvalue weighted by atomic mass is 16.2. The topological polar surface area (TPSA) is 41.1 Å². The van der Waals surface area contributed by atoms with E-state index in [9.17, 15) is 4.79 Å². The predicted octanol–water partition coefficient (Wildman–Crippen LogP) is 1.21. The fourth-order valence-electron chi connectivity index (χ4n) is 1.72. The summed E-state index contributed by atoms with van der Waals surface area (Å²) in [4.78, 5) is 11.7. The van der Waals surface area contributed by atoms with Crippen molar-refractivity contribution in [3.05, 3.63) is 12.2 Å². The molecule has 14 heavy (non-hydrogen) atoms. The number of carbonyl (C=O) groups is 1. The molecule has 0 aromatic carbocycles. The second kappa shape index (κ2) is 5.15. The molecule has 0 aromatic rings. The molecule has 1 saturated heterocycles. The van der Waals surface area contributed by atoms with Crippen molar-refractivity contribution >= 4 is 5.91 Å². The molecule has 1 aliphatic heterocycles. The Balaban J connectivity index is 2.27.